The summed E-state index contributed by atoms with van der Waals surface area (Å²) in [7, 11) is 4.09. The molecule has 0 aliphatic carbocycles. The van der Waals surface area contributed by atoms with Crippen molar-refractivity contribution in [2.24, 2.45) is 5.41 Å². The third kappa shape index (κ3) is 3.80. The minimum Gasteiger partial charge on any atom is -0.356 e. The normalized spacial score (nSPS) is 25.9. The third-order valence-electron chi connectivity index (χ3n) is 2.98. The highest BCUT2D eigenvalue weighted by Gasteiger charge is 2.35. The summed E-state index contributed by atoms with van der Waals surface area (Å²) in [6.07, 6.45) is 1.97. The van der Waals surface area contributed by atoms with E-state index in [-0.39, 0.29) is 11.3 Å². The van der Waals surface area contributed by atoms with Gasteiger partial charge < -0.3 is 15.5 Å². The Balaban J connectivity index is 2.18. The summed E-state index contributed by atoms with van der Waals surface area (Å²) in [6, 6.07) is 0. The highest BCUT2D eigenvalue weighted by molar-refractivity contribution is 5.82. The van der Waals surface area contributed by atoms with Crippen LogP contribution in [0.3, 0.4) is 0 Å². The minimum absolute atomic E-state index is 0.182. The summed E-state index contributed by atoms with van der Waals surface area (Å²) in [5.74, 6) is 0.200. The van der Waals surface area contributed by atoms with Crippen LogP contribution in [0.25, 0.3) is 0 Å². The molecule has 0 aromatic carbocycles. The van der Waals surface area contributed by atoms with Crippen LogP contribution in [-0.2, 0) is 4.79 Å². The fraction of sp³-hybridized carbons (Fsp3) is 0.909. The lowest BCUT2D eigenvalue weighted by atomic mass is 9.89. The van der Waals surface area contributed by atoms with Gasteiger partial charge in [0.25, 0.3) is 0 Å². The number of carbonyl (C=O) groups is 1. The van der Waals surface area contributed by atoms with E-state index >= 15 is 0 Å². The molecule has 15 heavy (non-hydrogen) atoms. The van der Waals surface area contributed by atoms with Crippen LogP contribution in [0.1, 0.15) is 19.8 Å². The lowest BCUT2D eigenvalue weighted by Crippen LogP contribution is -2.41. The Morgan fingerprint density at radius 3 is 2.80 bits per heavy atom. The molecule has 0 aromatic rings. The van der Waals surface area contributed by atoms with Crippen LogP contribution in [-0.4, -0.2) is 51.1 Å². The van der Waals surface area contributed by atoms with Crippen molar-refractivity contribution in [1.82, 2.24) is 15.5 Å². The maximum atomic E-state index is 11.8. The summed E-state index contributed by atoms with van der Waals surface area (Å²) in [6.45, 7) is 5.62. The maximum Gasteiger partial charge on any atom is 0.227 e. The van der Waals surface area contributed by atoms with Gasteiger partial charge >= 0.3 is 0 Å². The Morgan fingerprint density at radius 2 is 2.27 bits per heavy atom. The molecule has 0 saturated carbocycles. The molecule has 1 aliphatic rings. The quantitative estimate of drug-likeness (QED) is 0.635. The molecule has 88 valence electrons. The van der Waals surface area contributed by atoms with E-state index in [2.05, 4.69) is 15.5 Å². The van der Waals surface area contributed by atoms with E-state index in [1.54, 1.807) is 0 Å². The van der Waals surface area contributed by atoms with Crippen molar-refractivity contribution in [3.8, 4) is 0 Å². The number of carbonyl (C=O) groups excluding carboxylic acids is 1. The van der Waals surface area contributed by atoms with Gasteiger partial charge in [0, 0.05) is 13.1 Å². The first-order valence-electron chi connectivity index (χ1n) is 5.68. The van der Waals surface area contributed by atoms with E-state index in [1.165, 1.54) is 0 Å². The first-order chi connectivity index (χ1) is 7.04. The fourth-order valence-corrected chi connectivity index (χ4v) is 1.82. The molecule has 0 spiro atoms. The van der Waals surface area contributed by atoms with Crippen LogP contribution in [0, 0.1) is 5.41 Å². The molecule has 1 saturated heterocycles. The molecule has 1 fully saturated rings. The van der Waals surface area contributed by atoms with Gasteiger partial charge in [0.05, 0.1) is 5.41 Å². The van der Waals surface area contributed by atoms with Gasteiger partial charge in [0.15, 0.2) is 0 Å². The highest BCUT2D eigenvalue weighted by atomic mass is 16.2. The number of rotatable bonds is 5. The summed E-state index contributed by atoms with van der Waals surface area (Å²) < 4.78 is 0. The average Bonchev–Trinajstić information content (AvgIpc) is 2.60. The largest absolute Gasteiger partial charge is 0.356 e. The molecular formula is C11H23N3O. The van der Waals surface area contributed by atoms with E-state index in [0.29, 0.717) is 0 Å². The van der Waals surface area contributed by atoms with Gasteiger partial charge in [0.2, 0.25) is 5.91 Å². The number of nitrogens with zero attached hydrogens (tertiary/aromatic N) is 1. The smallest absolute Gasteiger partial charge is 0.227 e. The number of nitrogens with one attached hydrogen (secondary N) is 2. The zero-order valence-corrected chi connectivity index (χ0v) is 10.1. The molecule has 1 unspecified atom stereocenters. The van der Waals surface area contributed by atoms with E-state index < -0.39 is 0 Å². The minimum atomic E-state index is -0.182. The predicted molar refractivity (Wildman–Crippen MR) is 61.8 cm³/mol. The van der Waals surface area contributed by atoms with Crippen LogP contribution < -0.4 is 10.6 Å². The van der Waals surface area contributed by atoms with Crippen LogP contribution in [0.4, 0.5) is 0 Å². The molecule has 2 N–H and O–H groups in total. The summed E-state index contributed by atoms with van der Waals surface area (Å²) in [5, 5.41) is 6.25. The summed E-state index contributed by atoms with van der Waals surface area (Å²) >= 11 is 0. The average molecular weight is 213 g/mol. The molecule has 0 bridgehead atoms. The molecule has 1 atom stereocenters. The van der Waals surface area contributed by atoms with Crippen molar-refractivity contribution >= 4 is 5.91 Å². The Bertz CT molecular complexity index is 210. The molecule has 4 heteroatoms. The third-order valence-corrected chi connectivity index (χ3v) is 2.98. The lowest BCUT2D eigenvalue weighted by molar-refractivity contribution is -0.129. The molecule has 1 rings (SSSR count). The lowest BCUT2D eigenvalue weighted by Gasteiger charge is -2.21. The van der Waals surface area contributed by atoms with Crippen molar-refractivity contribution in [3.05, 3.63) is 0 Å². The standard InChI is InChI=1S/C11H23N3O/c1-11(5-7-12-9-11)10(15)13-6-4-8-14(2)3/h12H,4-9H2,1-3H3,(H,13,15). The van der Waals surface area contributed by atoms with Crippen molar-refractivity contribution < 1.29 is 4.79 Å². The number of hydrogen-bond donors (Lipinski definition) is 2. The SMILES string of the molecule is CN(C)CCCNC(=O)C1(C)CCNC1. The van der Waals surface area contributed by atoms with Gasteiger partial charge in [-0.25, -0.2) is 0 Å². The van der Waals surface area contributed by atoms with Crippen LogP contribution in [0.5, 0.6) is 0 Å². The van der Waals surface area contributed by atoms with E-state index in [4.69, 9.17) is 0 Å². The van der Waals surface area contributed by atoms with Crippen molar-refractivity contribution in [1.29, 1.82) is 0 Å². The van der Waals surface area contributed by atoms with Gasteiger partial charge in [-0.2, -0.15) is 0 Å². The highest BCUT2D eigenvalue weighted by Crippen LogP contribution is 2.24. The summed E-state index contributed by atoms with van der Waals surface area (Å²) in [5.41, 5.74) is -0.182. The second-order valence-corrected chi connectivity index (χ2v) is 4.90. The Kier molecular flexibility index (Phi) is 4.54. The zero-order chi connectivity index (χ0) is 11.3. The molecular weight excluding hydrogens is 190 g/mol. The van der Waals surface area contributed by atoms with Gasteiger partial charge in [-0.05, 0) is 47.0 Å². The van der Waals surface area contributed by atoms with E-state index in [1.807, 2.05) is 21.0 Å². The van der Waals surface area contributed by atoms with Gasteiger partial charge in [0.1, 0.15) is 0 Å². The van der Waals surface area contributed by atoms with Crippen LogP contribution in [0.15, 0.2) is 0 Å². The second-order valence-electron chi connectivity index (χ2n) is 4.90. The topological polar surface area (TPSA) is 44.4 Å². The Morgan fingerprint density at radius 1 is 1.53 bits per heavy atom. The van der Waals surface area contributed by atoms with Crippen molar-refractivity contribution in [2.75, 3.05) is 40.3 Å². The fourth-order valence-electron chi connectivity index (χ4n) is 1.82. The summed E-state index contributed by atoms with van der Waals surface area (Å²) in [4.78, 5) is 14.0. The second kappa shape index (κ2) is 5.47. The molecule has 0 aromatic heterocycles. The van der Waals surface area contributed by atoms with Crippen LogP contribution >= 0.6 is 0 Å². The molecule has 1 aliphatic heterocycles. The van der Waals surface area contributed by atoms with Crippen molar-refractivity contribution in [3.63, 3.8) is 0 Å². The van der Waals surface area contributed by atoms with E-state index in [0.717, 1.165) is 39.0 Å². The molecule has 1 heterocycles. The van der Waals surface area contributed by atoms with Gasteiger partial charge in [-0.15, -0.1) is 0 Å². The monoisotopic (exact) mass is 213 g/mol. The number of amides is 1. The van der Waals surface area contributed by atoms with E-state index in [9.17, 15) is 4.79 Å². The van der Waals surface area contributed by atoms with Gasteiger partial charge in [-0.3, -0.25) is 4.79 Å². The Labute approximate surface area is 92.4 Å². The first-order valence-corrected chi connectivity index (χ1v) is 5.68. The molecule has 0 radical (unpaired) electrons. The van der Waals surface area contributed by atoms with Gasteiger partial charge in [-0.1, -0.05) is 0 Å². The molecule has 4 nitrogen and oxygen atoms in total. The predicted octanol–water partition coefficient (Wildman–Crippen LogP) is 0.0539. The van der Waals surface area contributed by atoms with Crippen LogP contribution in [0.2, 0.25) is 0 Å². The van der Waals surface area contributed by atoms with Crippen molar-refractivity contribution in [2.45, 2.75) is 19.8 Å². The number of hydrogen-bond acceptors (Lipinski definition) is 3. The Hall–Kier alpha value is -0.610. The maximum absolute atomic E-state index is 11.8. The molecule has 1 amide bonds. The first kappa shape index (κ1) is 12.5. The zero-order valence-electron chi connectivity index (χ0n) is 10.1.